The molecule has 0 fully saturated rings. The lowest BCUT2D eigenvalue weighted by atomic mass is 10.1. The van der Waals surface area contributed by atoms with E-state index in [1.807, 2.05) is 44.5 Å². The molecular weight excluding hydrogens is 338 g/mol. The van der Waals surface area contributed by atoms with Gasteiger partial charge >= 0.3 is 0 Å². The number of hydrogen-bond donors (Lipinski definition) is 1. The first-order chi connectivity index (χ1) is 11.8. The highest BCUT2D eigenvalue weighted by Crippen LogP contribution is 2.23. The zero-order valence-electron chi connectivity index (χ0n) is 15.5. The van der Waals surface area contributed by atoms with Crippen LogP contribution in [-0.2, 0) is 11.2 Å². The van der Waals surface area contributed by atoms with Crippen LogP contribution in [0.1, 0.15) is 41.9 Å². The fraction of sp³-hybridized carbons (Fsp3) is 0.474. The standard InChI is InChI=1S/C19H26ClN3O2/c1-12-10-16(6-7-17(12)25-5)8-9-21-18(24)11-13(2)23-15(4)19(20)14(3)22-23/h6-7,10,13H,8-9,11H2,1-5H3,(H,21,24). The molecule has 2 aromatic rings. The van der Waals surface area contributed by atoms with Gasteiger partial charge in [0.25, 0.3) is 0 Å². The van der Waals surface area contributed by atoms with Gasteiger partial charge in [0.05, 0.1) is 29.6 Å². The van der Waals surface area contributed by atoms with E-state index in [4.69, 9.17) is 16.3 Å². The van der Waals surface area contributed by atoms with E-state index in [1.54, 1.807) is 7.11 Å². The Kier molecular flexibility index (Phi) is 6.48. The molecule has 5 nitrogen and oxygen atoms in total. The van der Waals surface area contributed by atoms with Gasteiger partial charge in [0.15, 0.2) is 0 Å². The number of hydrogen-bond acceptors (Lipinski definition) is 3. The average Bonchev–Trinajstić information content (AvgIpc) is 2.82. The van der Waals surface area contributed by atoms with Crippen LogP contribution in [0.25, 0.3) is 0 Å². The molecule has 1 atom stereocenters. The SMILES string of the molecule is COc1ccc(CCNC(=O)CC(C)n2nc(C)c(Cl)c2C)cc1C. The first kappa shape index (κ1) is 19.3. The van der Waals surface area contributed by atoms with Crippen LogP contribution in [0.5, 0.6) is 5.75 Å². The van der Waals surface area contributed by atoms with Crippen molar-refractivity contribution in [2.45, 2.75) is 46.6 Å². The molecular formula is C19H26ClN3O2. The topological polar surface area (TPSA) is 56.1 Å². The maximum absolute atomic E-state index is 12.2. The molecule has 0 radical (unpaired) electrons. The highest BCUT2D eigenvalue weighted by atomic mass is 35.5. The number of ether oxygens (including phenoxy) is 1. The Labute approximate surface area is 154 Å². The van der Waals surface area contributed by atoms with Crippen molar-refractivity contribution in [2.75, 3.05) is 13.7 Å². The first-order valence-electron chi connectivity index (χ1n) is 8.45. The van der Waals surface area contributed by atoms with Gasteiger partial charge in [-0.2, -0.15) is 5.10 Å². The van der Waals surface area contributed by atoms with Crippen LogP contribution in [0.2, 0.25) is 5.02 Å². The summed E-state index contributed by atoms with van der Waals surface area (Å²) in [5.74, 6) is 0.895. The summed E-state index contributed by atoms with van der Waals surface area (Å²) in [6, 6.07) is 6.04. The molecule has 0 spiro atoms. The minimum atomic E-state index is -0.0329. The quantitative estimate of drug-likeness (QED) is 0.814. The number of amides is 1. The Bertz CT molecular complexity index is 755. The van der Waals surface area contributed by atoms with E-state index in [-0.39, 0.29) is 11.9 Å². The average molecular weight is 364 g/mol. The second-order valence-corrected chi connectivity index (χ2v) is 6.76. The largest absolute Gasteiger partial charge is 0.496 e. The van der Waals surface area contributed by atoms with Crippen molar-refractivity contribution in [2.24, 2.45) is 0 Å². The normalized spacial score (nSPS) is 12.1. The van der Waals surface area contributed by atoms with E-state index in [2.05, 4.69) is 16.5 Å². The molecule has 1 aromatic heterocycles. The van der Waals surface area contributed by atoms with Crippen LogP contribution in [0.3, 0.4) is 0 Å². The third-order valence-corrected chi connectivity index (χ3v) is 4.88. The van der Waals surface area contributed by atoms with E-state index >= 15 is 0 Å². The lowest BCUT2D eigenvalue weighted by Gasteiger charge is -2.14. The predicted octanol–water partition coefficient (Wildman–Crippen LogP) is 3.78. The van der Waals surface area contributed by atoms with E-state index in [0.29, 0.717) is 18.0 Å². The van der Waals surface area contributed by atoms with Gasteiger partial charge in [0.1, 0.15) is 5.75 Å². The number of aromatic nitrogens is 2. The van der Waals surface area contributed by atoms with Crippen LogP contribution in [0.15, 0.2) is 18.2 Å². The molecule has 1 amide bonds. The number of nitrogens with one attached hydrogen (secondary N) is 1. The summed E-state index contributed by atoms with van der Waals surface area (Å²) in [6.07, 6.45) is 1.16. The van der Waals surface area contributed by atoms with Gasteiger partial charge in [-0.25, -0.2) is 0 Å². The molecule has 25 heavy (non-hydrogen) atoms. The zero-order valence-corrected chi connectivity index (χ0v) is 16.3. The van der Waals surface area contributed by atoms with Gasteiger partial charge in [-0.05, 0) is 51.3 Å². The van der Waals surface area contributed by atoms with Gasteiger partial charge in [0.2, 0.25) is 5.91 Å². The summed E-state index contributed by atoms with van der Waals surface area (Å²) in [5.41, 5.74) is 3.97. The number of aryl methyl sites for hydroxylation is 2. The Morgan fingerprint density at radius 1 is 1.36 bits per heavy atom. The van der Waals surface area contributed by atoms with Crippen LogP contribution >= 0.6 is 11.6 Å². The van der Waals surface area contributed by atoms with Crippen LogP contribution in [0.4, 0.5) is 0 Å². The number of benzene rings is 1. The highest BCUT2D eigenvalue weighted by Gasteiger charge is 2.17. The van der Waals surface area contributed by atoms with Crippen molar-refractivity contribution >= 4 is 17.5 Å². The summed E-state index contributed by atoms with van der Waals surface area (Å²) >= 11 is 6.17. The number of rotatable bonds is 7. The maximum Gasteiger partial charge on any atom is 0.222 e. The maximum atomic E-state index is 12.2. The Morgan fingerprint density at radius 3 is 2.64 bits per heavy atom. The zero-order chi connectivity index (χ0) is 18.6. The van der Waals surface area contributed by atoms with Crippen LogP contribution in [-0.4, -0.2) is 29.3 Å². The number of carbonyl (C=O) groups is 1. The van der Waals surface area contributed by atoms with Gasteiger partial charge < -0.3 is 10.1 Å². The predicted molar refractivity (Wildman–Crippen MR) is 100 cm³/mol. The third kappa shape index (κ3) is 4.75. The summed E-state index contributed by atoms with van der Waals surface area (Å²) in [4.78, 5) is 12.2. The fourth-order valence-corrected chi connectivity index (χ4v) is 3.07. The molecule has 136 valence electrons. The molecule has 0 aliphatic rings. The van der Waals surface area contributed by atoms with Gasteiger partial charge in [-0.3, -0.25) is 9.48 Å². The van der Waals surface area contributed by atoms with Gasteiger partial charge in [0, 0.05) is 13.0 Å². The monoisotopic (exact) mass is 363 g/mol. The van der Waals surface area contributed by atoms with Crippen molar-refractivity contribution in [3.63, 3.8) is 0 Å². The van der Waals surface area contributed by atoms with Gasteiger partial charge in [-0.1, -0.05) is 23.7 Å². The molecule has 0 bridgehead atoms. The summed E-state index contributed by atoms with van der Waals surface area (Å²) in [6.45, 7) is 8.39. The molecule has 1 heterocycles. The molecule has 2 rings (SSSR count). The molecule has 0 saturated heterocycles. The van der Waals surface area contributed by atoms with E-state index in [9.17, 15) is 4.79 Å². The number of halogens is 1. The summed E-state index contributed by atoms with van der Waals surface area (Å²) in [7, 11) is 1.67. The Hall–Kier alpha value is -2.01. The van der Waals surface area contributed by atoms with E-state index in [0.717, 1.165) is 29.1 Å². The number of methoxy groups -OCH3 is 1. The van der Waals surface area contributed by atoms with E-state index in [1.165, 1.54) is 5.56 Å². The molecule has 0 aliphatic heterocycles. The Balaban J connectivity index is 1.84. The summed E-state index contributed by atoms with van der Waals surface area (Å²) < 4.78 is 7.08. The fourth-order valence-electron chi connectivity index (χ4n) is 2.94. The van der Waals surface area contributed by atoms with Gasteiger partial charge in [-0.15, -0.1) is 0 Å². The van der Waals surface area contributed by atoms with Crippen molar-refractivity contribution in [3.8, 4) is 5.75 Å². The molecule has 0 aliphatic carbocycles. The minimum Gasteiger partial charge on any atom is -0.496 e. The lowest BCUT2D eigenvalue weighted by molar-refractivity contribution is -0.121. The van der Waals surface area contributed by atoms with E-state index < -0.39 is 0 Å². The Morgan fingerprint density at radius 2 is 2.08 bits per heavy atom. The number of carbonyl (C=O) groups excluding carboxylic acids is 1. The third-order valence-electron chi connectivity index (χ3n) is 4.33. The van der Waals surface area contributed by atoms with Crippen molar-refractivity contribution < 1.29 is 9.53 Å². The first-order valence-corrected chi connectivity index (χ1v) is 8.82. The second kappa shape index (κ2) is 8.39. The molecule has 6 heteroatoms. The lowest BCUT2D eigenvalue weighted by Crippen LogP contribution is -2.28. The van der Waals surface area contributed by atoms with Crippen molar-refractivity contribution in [1.29, 1.82) is 0 Å². The van der Waals surface area contributed by atoms with Crippen LogP contribution in [0, 0.1) is 20.8 Å². The molecule has 1 unspecified atom stereocenters. The van der Waals surface area contributed by atoms with Crippen LogP contribution < -0.4 is 10.1 Å². The molecule has 1 N–H and O–H groups in total. The highest BCUT2D eigenvalue weighted by molar-refractivity contribution is 6.31. The second-order valence-electron chi connectivity index (χ2n) is 6.39. The molecule has 1 aromatic carbocycles. The molecule has 0 saturated carbocycles. The van der Waals surface area contributed by atoms with Crippen molar-refractivity contribution in [1.82, 2.24) is 15.1 Å². The minimum absolute atomic E-state index is 0.0152. The number of nitrogens with zero attached hydrogens (tertiary/aromatic N) is 2. The smallest absolute Gasteiger partial charge is 0.222 e. The van der Waals surface area contributed by atoms with Crippen molar-refractivity contribution in [3.05, 3.63) is 45.7 Å². The summed E-state index contributed by atoms with van der Waals surface area (Å²) in [5, 5.41) is 8.05.